The Morgan fingerprint density at radius 2 is 2.39 bits per heavy atom. The Morgan fingerprint density at radius 3 is 3.00 bits per heavy atom. The number of likely N-dealkylation sites (N-methyl/N-ethyl adjacent to an activating group) is 1. The molecule has 1 atom stereocenters. The molecular formula is C12H22N2O2S2. The number of thioether (sulfide) groups is 1. The molecule has 0 bridgehead atoms. The minimum absolute atomic E-state index is 0.151. The Balaban J connectivity index is 2.02. The summed E-state index contributed by atoms with van der Waals surface area (Å²) in [4.78, 5) is 13.3. The first-order chi connectivity index (χ1) is 8.63. The van der Waals surface area contributed by atoms with Crippen molar-refractivity contribution in [1.29, 1.82) is 0 Å². The third-order valence-corrected chi connectivity index (χ3v) is 4.54. The Hall–Kier alpha value is -0.330. The quantitative estimate of drug-likeness (QED) is 0.456. The average Bonchev–Trinajstić information content (AvgIpc) is 2.77. The van der Waals surface area contributed by atoms with Gasteiger partial charge in [0.1, 0.15) is 4.32 Å². The standard InChI is InChI=1S/C12H22N2O2S2/c1-14-7-3-5-10(14)9-13-12(17)18-8-4-6-11(15)16-2/h10H,3-9H2,1-2H3,(H,13,17). The minimum atomic E-state index is -0.151. The summed E-state index contributed by atoms with van der Waals surface area (Å²) in [7, 11) is 3.58. The van der Waals surface area contributed by atoms with E-state index in [-0.39, 0.29) is 5.97 Å². The first-order valence-corrected chi connectivity index (χ1v) is 7.70. The number of hydrogen-bond acceptors (Lipinski definition) is 5. The first-order valence-electron chi connectivity index (χ1n) is 6.31. The molecule has 0 aromatic carbocycles. The average molecular weight is 290 g/mol. The molecule has 0 aromatic heterocycles. The van der Waals surface area contributed by atoms with E-state index >= 15 is 0 Å². The molecule has 1 saturated heterocycles. The molecule has 1 heterocycles. The van der Waals surface area contributed by atoms with Crippen LogP contribution in [0.1, 0.15) is 25.7 Å². The molecule has 4 nitrogen and oxygen atoms in total. The molecular weight excluding hydrogens is 268 g/mol. The summed E-state index contributed by atoms with van der Waals surface area (Å²) in [5.41, 5.74) is 0. The van der Waals surface area contributed by atoms with Crippen molar-refractivity contribution in [2.75, 3.05) is 33.0 Å². The number of rotatable bonds is 6. The smallest absolute Gasteiger partial charge is 0.305 e. The van der Waals surface area contributed by atoms with Gasteiger partial charge >= 0.3 is 5.97 Å². The lowest BCUT2D eigenvalue weighted by Crippen LogP contribution is -2.36. The summed E-state index contributed by atoms with van der Waals surface area (Å²) in [6.07, 6.45) is 3.81. The number of methoxy groups -OCH3 is 1. The van der Waals surface area contributed by atoms with Gasteiger partial charge in [0, 0.05) is 24.8 Å². The zero-order valence-electron chi connectivity index (χ0n) is 11.1. The van der Waals surface area contributed by atoms with Crippen molar-refractivity contribution in [3.63, 3.8) is 0 Å². The number of esters is 1. The van der Waals surface area contributed by atoms with Gasteiger partial charge in [-0.2, -0.15) is 0 Å². The van der Waals surface area contributed by atoms with Crippen LogP contribution < -0.4 is 5.32 Å². The van der Waals surface area contributed by atoms with Gasteiger partial charge in [0.2, 0.25) is 0 Å². The maximum atomic E-state index is 10.9. The van der Waals surface area contributed by atoms with Crippen LogP contribution >= 0.6 is 24.0 Å². The lowest BCUT2D eigenvalue weighted by molar-refractivity contribution is -0.140. The number of carbonyl (C=O) groups is 1. The molecule has 6 heteroatoms. The molecule has 104 valence electrons. The number of ether oxygens (including phenoxy) is 1. The molecule has 0 radical (unpaired) electrons. The van der Waals surface area contributed by atoms with E-state index in [1.807, 2.05) is 0 Å². The van der Waals surface area contributed by atoms with Crippen LogP contribution in [0.3, 0.4) is 0 Å². The lowest BCUT2D eigenvalue weighted by atomic mass is 10.2. The predicted molar refractivity (Wildman–Crippen MR) is 80.0 cm³/mol. The number of hydrogen-bond donors (Lipinski definition) is 1. The van der Waals surface area contributed by atoms with Crippen molar-refractivity contribution in [2.45, 2.75) is 31.7 Å². The SMILES string of the molecule is COC(=O)CCCSC(=S)NCC1CCCN1C. The molecule has 0 amide bonds. The van der Waals surface area contributed by atoms with E-state index < -0.39 is 0 Å². The van der Waals surface area contributed by atoms with Crippen LogP contribution in [-0.4, -0.2) is 54.2 Å². The van der Waals surface area contributed by atoms with Crippen molar-refractivity contribution < 1.29 is 9.53 Å². The number of carbonyl (C=O) groups excluding carboxylic acids is 1. The fraction of sp³-hybridized carbons (Fsp3) is 0.833. The van der Waals surface area contributed by atoms with Crippen LogP contribution in [0.15, 0.2) is 0 Å². The van der Waals surface area contributed by atoms with Crippen LogP contribution in [0.4, 0.5) is 0 Å². The molecule has 0 spiro atoms. The van der Waals surface area contributed by atoms with Gasteiger partial charge in [-0.25, -0.2) is 0 Å². The molecule has 18 heavy (non-hydrogen) atoms. The Labute approximate surface area is 119 Å². The van der Waals surface area contributed by atoms with Gasteiger partial charge in [-0.3, -0.25) is 4.79 Å². The maximum Gasteiger partial charge on any atom is 0.305 e. The van der Waals surface area contributed by atoms with Gasteiger partial charge in [-0.15, -0.1) is 0 Å². The monoisotopic (exact) mass is 290 g/mol. The second-order valence-corrected chi connectivity index (χ2v) is 6.25. The van der Waals surface area contributed by atoms with Gasteiger partial charge in [0.15, 0.2) is 0 Å². The van der Waals surface area contributed by atoms with Gasteiger partial charge < -0.3 is 15.0 Å². The highest BCUT2D eigenvalue weighted by Crippen LogP contribution is 2.14. The topological polar surface area (TPSA) is 41.6 Å². The molecule has 0 aliphatic carbocycles. The highest BCUT2D eigenvalue weighted by molar-refractivity contribution is 8.22. The fourth-order valence-corrected chi connectivity index (χ4v) is 2.97. The first kappa shape index (κ1) is 15.7. The van der Waals surface area contributed by atoms with Crippen LogP contribution in [0.2, 0.25) is 0 Å². The third kappa shape index (κ3) is 6.02. The molecule has 1 N–H and O–H groups in total. The minimum Gasteiger partial charge on any atom is -0.469 e. The third-order valence-electron chi connectivity index (χ3n) is 3.14. The summed E-state index contributed by atoms with van der Waals surface area (Å²) in [6.45, 7) is 2.12. The Morgan fingerprint density at radius 1 is 1.61 bits per heavy atom. The Bertz CT molecular complexity index is 287. The lowest BCUT2D eigenvalue weighted by Gasteiger charge is -2.20. The van der Waals surface area contributed by atoms with E-state index in [2.05, 4.69) is 22.0 Å². The van der Waals surface area contributed by atoms with E-state index in [0.717, 1.165) is 23.0 Å². The van der Waals surface area contributed by atoms with E-state index in [9.17, 15) is 4.79 Å². The molecule has 0 aromatic rings. The predicted octanol–water partition coefficient (Wildman–Crippen LogP) is 1.64. The van der Waals surface area contributed by atoms with Crippen molar-refractivity contribution in [2.24, 2.45) is 0 Å². The largest absolute Gasteiger partial charge is 0.469 e. The zero-order valence-corrected chi connectivity index (χ0v) is 12.7. The molecule has 1 rings (SSSR count). The highest BCUT2D eigenvalue weighted by atomic mass is 32.2. The van der Waals surface area contributed by atoms with Crippen LogP contribution in [0.25, 0.3) is 0 Å². The van der Waals surface area contributed by atoms with Crippen molar-refractivity contribution in [1.82, 2.24) is 10.2 Å². The van der Waals surface area contributed by atoms with E-state index in [4.69, 9.17) is 12.2 Å². The van der Waals surface area contributed by atoms with Gasteiger partial charge in [-0.05, 0) is 32.9 Å². The van der Waals surface area contributed by atoms with Crippen LogP contribution in [0.5, 0.6) is 0 Å². The number of nitrogens with zero attached hydrogens (tertiary/aromatic N) is 1. The molecule has 1 aliphatic rings. The van der Waals surface area contributed by atoms with E-state index in [1.54, 1.807) is 11.8 Å². The van der Waals surface area contributed by atoms with Crippen LogP contribution in [-0.2, 0) is 9.53 Å². The van der Waals surface area contributed by atoms with Crippen molar-refractivity contribution >= 4 is 34.3 Å². The normalized spacial score (nSPS) is 19.8. The Kier molecular flexibility index (Phi) is 7.62. The summed E-state index contributed by atoms with van der Waals surface area (Å²) in [6, 6.07) is 0.610. The van der Waals surface area contributed by atoms with Gasteiger partial charge in [0.05, 0.1) is 7.11 Å². The molecule has 0 saturated carbocycles. The summed E-state index contributed by atoms with van der Waals surface area (Å²) < 4.78 is 5.42. The summed E-state index contributed by atoms with van der Waals surface area (Å²) in [5.74, 6) is 0.712. The fourth-order valence-electron chi connectivity index (χ4n) is 1.97. The molecule has 1 aliphatic heterocycles. The molecule has 1 fully saturated rings. The summed E-state index contributed by atoms with van der Waals surface area (Å²) >= 11 is 6.86. The van der Waals surface area contributed by atoms with Crippen molar-refractivity contribution in [3.05, 3.63) is 0 Å². The second-order valence-electron chi connectivity index (χ2n) is 4.47. The van der Waals surface area contributed by atoms with Crippen LogP contribution in [0, 0.1) is 0 Å². The van der Waals surface area contributed by atoms with Gasteiger partial charge in [-0.1, -0.05) is 24.0 Å². The number of thiocarbonyl (C=S) groups is 1. The van der Waals surface area contributed by atoms with E-state index in [1.165, 1.54) is 26.5 Å². The highest BCUT2D eigenvalue weighted by Gasteiger charge is 2.20. The van der Waals surface area contributed by atoms with Gasteiger partial charge in [0.25, 0.3) is 0 Å². The van der Waals surface area contributed by atoms with E-state index in [0.29, 0.717) is 12.5 Å². The molecule has 1 unspecified atom stereocenters. The zero-order chi connectivity index (χ0) is 13.4. The number of likely N-dealkylation sites (tertiary alicyclic amines) is 1. The second kappa shape index (κ2) is 8.72. The summed E-state index contributed by atoms with van der Waals surface area (Å²) in [5, 5.41) is 3.29. The maximum absolute atomic E-state index is 10.9. The van der Waals surface area contributed by atoms with Crippen molar-refractivity contribution in [3.8, 4) is 0 Å². The number of nitrogens with one attached hydrogen (secondary N) is 1.